The van der Waals surface area contributed by atoms with Crippen LogP contribution < -0.4 is 0 Å². The van der Waals surface area contributed by atoms with Gasteiger partial charge < -0.3 is 0 Å². The number of halogens is 4. The second-order valence-corrected chi connectivity index (χ2v) is 6.55. The van der Waals surface area contributed by atoms with E-state index in [1.807, 2.05) is 24.3 Å². The maximum Gasteiger partial charge on any atom is 0.417 e. The predicted octanol–water partition coefficient (Wildman–Crippen LogP) is 6.02. The number of hydrogen-bond donors (Lipinski definition) is 0. The van der Waals surface area contributed by atoms with E-state index in [-0.39, 0.29) is 3.57 Å². The van der Waals surface area contributed by atoms with E-state index < -0.39 is 11.7 Å². The first-order valence-corrected chi connectivity index (χ1v) is 7.93. The third-order valence-corrected chi connectivity index (χ3v) is 4.75. The van der Waals surface area contributed by atoms with E-state index in [1.54, 1.807) is 28.7 Å². The Morgan fingerprint density at radius 2 is 1.60 bits per heavy atom. The van der Waals surface area contributed by atoms with Crippen molar-refractivity contribution in [3.05, 3.63) is 57.2 Å². The molecule has 0 radical (unpaired) electrons. The molecule has 0 saturated heterocycles. The third-order valence-electron chi connectivity index (χ3n) is 2.81. The van der Waals surface area contributed by atoms with Gasteiger partial charge in [0.25, 0.3) is 0 Å². The molecule has 5 heteroatoms. The van der Waals surface area contributed by atoms with Crippen LogP contribution in [-0.4, -0.2) is 0 Å². The average Bonchev–Trinajstić information content (AvgIpc) is 2.40. The Morgan fingerprint density at radius 1 is 1.00 bits per heavy atom. The second-order valence-electron chi connectivity index (χ2n) is 4.24. The fourth-order valence-corrected chi connectivity index (χ4v) is 3.21. The Balaban J connectivity index is 2.25. The zero-order valence-electron chi connectivity index (χ0n) is 10.7. The molecule has 0 nitrogen and oxygen atoms in total. The van der Waals surface area contributed by atoms with E-state index in [4.69, 9.17) is 0 Å². The lowest BCUT2D eigenvalue weighted by molar-refractivity contribution is -0.138. The van der Waals surface area contributed by atoms with Gasteiger partial charge in [0.1, 0.15) is 0 Å². The second kappa shape index (κ2) is 6.39. The van der Waals surface area contributed by atoms with Crippen LogP contribution >= 0.6 is 34.4 Å². The molecule has 0 bridgehead atoms. The van der Waals surface area contributed by atoms with Gasteiger partial charge >= 0.3 is 6.18 Å². The highest BCUT2D eigenvalue weighted by Gasteiger charge is 2.33. The maximum atomic E-state index is 12.9. The zero-order chi connectivity index (χ0) is 14.8. The molecule has 0 N–H and O–H groups in total. The van der Waals surface area contributed by atoms with Crippen LogP contribution in [0.1, 0.15) is 18.1 Å². The van der Waals surface area contributed by atoms with Crippen LogP contribution in [0.25, 0.3) is 0 Å². The van der Waals surface area contributed by atoms with Gasteiger partial charge in [-0.2, -0.15) is 13.2 Å². The molecule has 0 saturated carbocycles. The van der Waals surface area contributed by atoms with Gasteiger partial charge in [0.05, 0.1) is 5.56 Å². The smallest absolute Gasteiger partial charge is 0.166 e. The highest BCUT2D eigenvalue weighted by molar-refractivity contribution is 14.1. The quantitative estimate of drug-likeness (QED) is 0.560. The zero-order valence-corrected chi connectivity index (χ0v) is 13.6. The SMILES string of the molecule is CCc1ccc(Sc2ccc(I)c(C(F)(F)F)c2)cc1. The van der Waals surface area contributed by atoms with Crippen molar-refractivity contribution >= 4 is 34.4 Å². The first-order chi connectivity index (χ1) is 9.40. The minimum atomic E-state index is -4.31. The van der Waals surface area contributed by atoms with Gasteiger partial charge in [0.15, 0.2) is 0 Å². The fraction of sp³-hybridized carbons (Fsp3) is 0.200. The molecule has 2 rings (SSSR count). The summed E-state index contributed by atoms with van der Waals surface area (Å²) in [5, 5.41) is 0. The van der Waals surface area contributed by atoms with Crippen LogP contribution in [0.2, 0.25) is 0 Å². The molecule has 2 aromatic carbocycles. The molecule has 0 aromatic heterocycles. The highest BCUT2D eigenvalue weighted by Crippen LogP contribution is 2.37. The summed E-state index contributed by atoms with van der Waals surface area (Å²) in [7, 11) is 0. The summed E-state index contributed by atoms with van der Waals surface area (Å²) in [5.74, 6) is 0. The summed E-state index contributed by atoms with van der Waals surface area (Å²) in [5.41, 5.74) is 0.640. The average molecular weight is 408 g/mol. The Morgan fingerprint density at radius 3 is 2.15 bits per heavy atom. The lowest BCUT2D eigenvalue weighted by Gasteiger charge is -2.11. The summed E-state index contributed by atoms with van der Waals surface area (Å²) in [4.78, 5) is 1.54. The molecule has 0 spiro atoms. The van der Waals surface area contributed by atoms with Gasteiger partial charge in [0.2, 0.25) is 0 Å². The first kappa shape index (κ1) is 15.7. The minimum Gasteiger partial charge on any atom is -0.166 e. The van der Waals surface area contributed by atoms with Gasteiger partial charge in [-0.3, -0.25) is 0 Å². The first-order valence-electron chi connectivity index (χ1n) is 6.03. The molecule has 0 aliphatic heterocycles. The summed E-state index contributed by atoms with van der Waals surface area (Å²) < 4.78 is 38.8. The van der Waals surface area contributed by atoms with Gasteiger partial charge in [0, 0.05) is 13.4 Å². The predicted molar refractivity (Wildman–Crippen MR) is 84.1 cm³/mol. The van der Waals surface area contributed by atoms with Crippen molar-refractivity contribution in [2.24, 2.45) is 0 Å². The van der Waals surface area contributed by atoms with Gasteiger partial charge in [-0.25, -0.2) is 0 Å². The van der Waals surface area contributed by atoms with Crippen LogP contribution in [0.4, 0.5) is 13.2 Å². The molecule has 0 unspecified atom stereocenters. The Kier molecular flexibility index (Phi) is 5.01. The number of aryl methyl sites for hydroxylation is 1. The lowest BCUT2D eigenvalue weighted by atomic mass is 10.2. The molecule has 0 aliphatic carbocycles. The van der Waals surface area contributed by atoms with Crippen molar-refractivity contribution in [3.63, 3.8) is 0 Å². The fourth-order valence-electron chi connectivity index (χ4n) is 1.71. The number of hydrogen-bond acceptors (Lipinski definition) is 1. The van der Waals surface area contributed by atoms with E-state index in [2.05, 4.69) is 6.92 Å². The molecule has 0 amide bonds. The van der Waals surface area contributed by atoms with Crippen LogP contribution in [-0.2, 0) is 12.6 Å². The molecule has 0 atom stereocenters. The van der Waals surface area contributed by atoms with Crippen molar-refractivity contribution in [2.75, 3.05) is 0 Å². The molecule has 0 fully saturated rings. The number of alkyl halides is 3. The van der Waals surface area contributed by atoms with E-state index in [1.165, 1.54) is 29.5 Å². The molecule has 0 aliphatic rings. The highest BCUT2D eigenvalue weighted by atomic mass is 127. The lowest BCUT2D eigenvalue weighted by Crippen LogP contribution is -2.07. The van der Waals surface area contributed by atoms with Gasteiger partial charge in [-0.15, -0.1) is 0 Å². The van der Waals surface area contributed by atoms with Crippen LogP contribution in [0.5, 0.6) is 0 Å². The van der Waals surface area contributed by atoms with E-state index in [9.17, 15) is 13.2 Å². The van der Waals surface area contributed by atoms with Crippen molar-refractivity contribution in [1.82, 2.24) is 0 Å². The maximum absolute atomic E-state index is 12.9. The number of benzene rings is 2. The molecule has 2 aromatic rings. The van der Waals surface area contributed by atoms with E-state index in [0.29, 0.717) is 4.90 Å². The van der Waals surface area contributed by atoms with Crippen molar-refractivity contribution in [3.8, 4) is 0 Å². The summed E-state index contributed by atoms with van der Waals surface area (Å²) >= 11 is 3.06. The largest absolute Gasteiger partial charge is 0.417 e. The topological polar surface area (TPSA) is 0 Å². The van der Waals surface area contributed by atoms with Gasteiger partial charge in [-0.05, 0) is 64.9 Å². The monoisotopic (exact) mass is 408 g/mol. The Bertz CT molecular complexity index is 591. The molecular formula is C15H12F3IS. The minimum absolute atomic E-state index is 0.223. The summed E-state index contributed by atoms with van der Waals surface area (Å²) in [6, 6.07) is 12.3. The Labute approximate surface area is 133 Å². The molecule has 0 heterocycles. The summed E-state index contributed by atoms with van der Waals surface area (Å²) in [6.45, 7) is 2.07. The van der Waals surface area contributed by atoms with Crippen molar-refractivity contribution < 1.29 is 13.2 Å². The van der Waals surface area contributed by atoms with Crippen LogP contribution in [0.3, 0.4) is 0 Å². The number of rotatable bonds is 3. The van der Waals surface area contributed by atoms with Crippen molar-refractivity contribution in [2.45, 2.75) is 29.3 Å². The normalized spacial score (nSPS) is 11.7. The van der Waals surface area contributed by atoms with E-state index in [0.717, 1.165) is 11.3 Å². The summed E-state index contributed by atoms with van der Waals surface area (Å²) in [6.07, 6.45) is -3.36. The molecule has 106 valence electrons. The third kappa shape index (κ3) is 3.91. The van der Waals surface area contributed by atoms with Crippen LogP contribution in [0, 0.1) is 3.57 Å². The van der Waals surface area contributed by atoms with Crippen molar-refractivity contribution in [1.29, 1.82) is 0 Å². The van der Waals surface area contributed by atoms with E-state index >= 15 is 0 Å². The molecular weight excluding hydrogens is 396 g/mol. The standard InChI is InChI=1S/C15H12F3IS/c1-2-10-3-5-11(6-4-10)20-12-7-8-14(19)13(9-12)15(16,17)18/h3-9H,2H2,1H3. The molecule has 20 heavy (non-hydrogen) atoms. The van der Waals surface area contributed by atoms with Crippen LogP contribution in [0.15, 0.2) is 52.3 Å². The van der Waals surface area contributed by atoms with Gasteiger partial charge in [-0.1, -0.05) is 30.8 Å². The Hall–Kier alpha value is -0.690.